The van der Waals surface area contributed by atoms with Gasteiger partial charge in [-0.1, -0.05) is 12.1 Å². The first-order valence-electron chi connectivity index (χ1n) is 5.53. The van der Waals surface area contributed by atoms with Gasteiger partial charge in [-0.2, -0.15) is 0 Å². The molecule has 0 bridgehead atoms. The fourth-order valence-electron chi connectivity index (χ4n) is 1.48. The molecule has 1 fully saturated rings. The van der Waals surface area contributed by atoms with Gasteiger partial charge in [0.15, 0.2) is 0 Å². The summed E-state index contributed by atoms with van der Waals surface area (Å²) in [5.41, 5.74) is 6.67. The average Bonchev–Trinajstić information content (AvgIpc) is 3.09. The van der Waals surface area contributed by atoms with Crippen LogP contribution in [0.1, 0.15) is 18.4 Å². The maximum Gasteiger partial charge on any atom is 0.119 e. The van der Waals surface area contributed by atoms with E-state index in [-0.39, 0.29) is 0 Å². The molecule has 0 spiro atoms. The van der Waals surface area contributed by atoms with Crippen molar-refractivity contribution in [1.82, 2.24) is 5.32 Å². The van der Waals surface area contributed by atoms with Crippen molar-refractivity contribution < 1.29 is 4.74 Å². The largest absolute Gasteiger partial charge is 0.492 e. The Balaban J connectivity index is 1.71. The van der Waals surface area contributed by atoms with Crippen molar-refractivity contribution in [3.8, 4) is 5.75 Å². The molecule has 0 saturated heterocycles. The third-order valence-electron chi connectivity index (χ3n) is 2.52. The minimum absolute atomic E-state index is 0.567. The fourth-order valence-corrected chi connectivity index (χ4v) is 1.48. The summed E-state index contributed by atoms with van der Waals surface area (Å²) in [5.74, 6) is 0.913. The van der Waals surface area contributed by atoms with Gasteiger partial charge in [-0.3, -0.25) is 0 Å². The zero-order valence-corrected chi connectivity index (χ0v) is 8.91. The Morgan fingerprint density at radius 2 is 2.27 bits per heavy atom. The molecule has 0 unspecified atom stereocenters. The van der Waals surface area contributed by atoms with Crippen LogP contribution < -0.4 is 15.8 Å². The summed E-state index contributed by atoms with van der Waals surface area (Å²) in [6.07, 6.45) is 2.64. The molecule has 1 aromatic carbocycles. The van der Waals surface area contributed by atoms with Crippen molar-refractivity contribution in [1.29, 1.82) is 0 Å². The van der Waals surface area contributed by atoms with Gasteiger partial charge in [-0.15, -0.1) is 0 Å². The van der Waals surface area contributed by atoms with E-state index in [0.717, 1.165) is 30.5 Å². The van der Waals surface area contributed by atoms with Gasteiger partial charge >= 0.3 is 0 Å². The predicted octanol–water partition coefficient (Wildman–Crippen LogP) is 1.28. The molecule has 1 saturated carbocycles. The number of ether oxygens (including phenoxy) is 1. The molecule has 1 aliphatic rings. The molecule has 1 aromatic rings. The van der Waals surface area contributed by atoms with Crippen LogP contribution >= 0.6 is 0 Å². The molecule has 3 heteroatoms. The molecule has 0 radical (unpaired) electrons. The average molecular weight is 206 g/mol. The van der Waals surface area contributed by atoms with E-state index in [9.17, 15) is 0 Å². The van der Waals surface area contributed by atoms with Gasteiger partial charge in [0.25, 0.3) is 0 Å². The van der Waals surface area contributed by atoms with Crippen LogP contribution in [0, 0.1) is 0 Å². The Morgan fingerprint density at radius 1 is 1.40 bits per heavy atom. The van der Waals surface area contributed by atoms with Crippen molar-refractivity contribution in [2.75, 3.05) is 13.2 Å². The fraction of sp³-hybridized carbons (Fsp3) is 0.500. The molecule has 0 aliphatic heterocycles. The standard InChI is InChI=1S/C12H18N2O/c13-9-10-2-1-3-12(8-10)15-7-6-14-11-4-5-11/h1-3,8,11,14H,4-7,9,13H2. The number of nitrogens with two attached hydrogens (primary N) is 1. The van der Waals surface area contributed by atoms with Crippen molar-refractivity contribution in [3.05, 3.63) is 29.8 Å². The van der Waals surface area contributed by atoms with Gasteiger partial charge in [-0.25, -0.2) is 0 Å². The van der Waals surface area contributed by atoms with Crippen molar-refractivity contribution in [3.63, 3.8) is 0 Å². The summed E-state index contributed by atoms with van der Waals surface area (Å²) in [4.78, 5) is 0. The summed E-state index contributed by atoms with van der Waals surface area (Å²) in [6.45, 7) is 2.22. The minimum atomic E-state index is 0.567. The number of rotatable bonds is 6. The lowest BCUT2D eigenvalue weighted by atomic mass is 10.2. The monoisotopic (exact) mass is 206 g/mol. The lowest BCUT2D eigenvalue weighted by Gasteiger charge is -2.07. The zero-order valence-electron chi connectivity index (χ0n) is 8.91. The molecule has 3 nitrogen and oxygen atoms in total. The summed E-state index contributed by atoms with van der Waals surface area (Å²) in [5, 5.41) is 3.41. The van der Waals surface area contributed by atoms with E-state index in [2.05, 4.69) is 5.32 Å². The molecule has 0 heterocycles. The number of nitrogens with one attached hydrogen (secondary N) is 1. The predicted molar refractivity (Wildman–Crippen MR) is 60.9 cm³/mol. The Bertz CT molecular complexity index is 310. The molecule has 82 valence electrons. The highest BCUT2D eigenvalue weighted by Gasteiger charge is 2.19. The van der Waals surface area contributed by atoms with E-state index in [1.54, 1.807) is 0 Å². The van der Waals surface area contributed by atoms with E-state index in [4.69, 9.17) is 10.5 Å². The quantitative estimate of drug-likeness (QED) is 0.689. The first-order chi connectivity index (χ1) is 7.38. The highest BCUT2D eigenvalue weighted by molar-refractivity contribution is 5.28. The van der Waals surface area contributed by atoms with Crippen LogP contribution in [0.3, 0.4) is 0 Å². The number of hydrogen-bond donors (Lipinski definition) is 2. The van der Waals surface area contributed by atoms with E-state index < -0.39 is 0 Å². The first-order valence-corrected chi connectivity index (χ1v) is 5.53. The second-order valence-electron chi connectivity index (χ2n) is 3.93. The second-order valence-corrected chi connectivity index (χ2v) is 3.93. The highest BCUT2D eigenvalue weighted by Crippen LogP contribution is 2.18. The Morgan fingerprint density at radius 3 is 3.00 bits per heavy atom. The Hall–Kier alpha value is -1.06. The third-order valence-corrected chi connectivity index (χ3v) is 2.52. The van der Waals surface area contributed by atoms with Gasteiger partial charge in [0.2, 0.25) is 0 Å². The topological polar surface area (TPSA) is 47.3 Å². The SMILES string of the molecule is NCc1cccc(OCCNC2CC2)c1. The summed E-state index contributed by atoms with van der Waals surface area (Å²) in [6, 6.07) is 8.71. The smallest absolute Gasteiger partial charge is 0.119 e. The second kappa shape index (κ2) is 5.14. The van der Waals surface area contributed by atoms with E-state index >= 15 is 0 Å². The van der Waals surface area contributed by atoms with Crippen molar-refractivity contribution >= 4 is 0 Å². The van der Waals surface area contributed by atoms with Gasteiger partial charge in [0.1, 0.15) is 12.4 Å². The van der Waals surface area contributed by atoms with Gasteiger partial charge in [0.05, 0.1) is 0 Å². The lowest BCUT2D eigenvalue weighted by Crippen LogP contribution is -2.22. The summed E-state index contributed by atoms with van der Waals surface area (Å²) in [7, 11) is 0. The molecular formula is C12H18N2O. The molecular weight excluding hydrogens is 188 g/mol. The number of benzene rings is 1. The first kappa shape index (κ1) is 10.5. The Kier molecular flexibility index (Phi) is 3.59. The van der Waals surface area contributed by atoms with Crippen LogP contribution in [0.5, 0.6) is 5.75 Å². The number of hydrogen-bond acceptors (Lipinski definition) is 3. The summed E-state index contributed by atoms with van der Waals surface area (Å²) < 4.78 is 5.61. The maximum atomic E-state index is 5.61. The highest BCUT2D eigenvalue weighted by atomic mass is 16.5. The minimum Gasteiger partial charge on any atom is -0.492 e. The van der Waals surface area contributed by atoms with Gasteiger partial charge in [-0.05, 0) is 30.5 Å². The molecule has 1 aliphatic carbocycles. The molecule has 0 atom stereocenters. The Labute approximate surface area is 90.6 Å². The lowest BCUT2D eigenvalue weighted by molar-refractivity contribution is 0.313. The maximum absolute atomic E-state index is 5.61. The van der Waals surface area contributed by atoms with E-state index in [1.165, 1.54) is 12.8 Å². The van der Waals surface area contributed by atoms with Crippen LogP contribution in [0.15, 0.2) is 24.3 Å². The van der Waals surface area contributed by atoms with Gasteiger partial charge < -0.3 is 15.8 Å². The van der Waals surface area contributed by atoms with Crippen LogP contribution in [0.4, 0.5) is 0 Å². The van der Waals surface area contributed by atoms with Crippen molar-refractivity contribution in [2.24, 2.45) is 5.73 Å². The van der Waals surface area contributed by atoms with Crippen LogP contribution in [0.25, 0.3) is 0 Å². The van der Waals surface area contributed by atoms with Crippen LogP contribution in [0.2, 0.25) is 0 Å². The van der Waals surface area contributed by atoms with Crippen LogP contribution in [-0.4, -0.2) is 19.2 Å². The van der Waals surface area contributed by atoms with E-state index in [1.807, 2.05) is 24.3 Å². The zero-order chi connectivity index (χ0) is 10.5. The third kappa shape index (κ3) is 3.53. The van der Waals surface area contributed by atoms with Crippen LogP contribution in [-0.2, 0) is 6.54 Å². The van der Waals surface area contributed by atoms with Gasteiger partial charge in [0, 0.05) is 19.1 Å². The van der Waals surface area contributed by atoms with Crippen molar-refractivity contribution in [2.45, 2.75) is 25.4 Å². The normalized spacial score (nSPS) is 15.3. The van der Waals surface area contributed by atoms with E-state index in [0.29, 0.717) is 6.54 Å². The molecule has 15 heavy (non-hydrogen) atoms. The molecule has 3 N–H and O–H groups in total. The summed E-state index contributed by atoms with van der Waals surface area (Å²) >= 11 is 0. The molecule has 2 rings (SSSR count). The molecule has 0 amide bonds. The molecule has 0 aromatic heterocycles.